The summed E-state index contributed by atoms with van der Waals surface area (Å²) in [6, 6.07) is 7.97. The molecule has 0 spiro atoms. The van der Waals surface area contributed by atoms with Crippen LogP contribution >= 0.6 is 0 Å². The SMILES string of the molecule is CCOC(=O)C(CN)c1cn(C)c2ccccc12. The molecule has 1 unspecified atom stereocenters. The molecule has 0 bridgehead atoms. The fraction of sp³-hybridized carbons (Fsp3) is 0.357. The molecule has 0 saturated heterocycles. The monoisotopic (exact) mass is 246 g/mol. The first-order valence-electron chi connectivity index (χ1n) is 6.09. The summed E-state index contributed by atoms with van der Waals surface area (Å²) >= 11 is 0. The van der Waals surface area contributed by atoms with Gasteiger partial charge in [-0.05, 0) is 18.6 Å². The van der Waals surface area contributed by atoms with Crippen LogP contribution in [0.15, 0.2) is 30.5 Å². The van der Waals surface area contributed by atoms with Crippen molar-refractivity contribution in [3.8, 4) is 0 Å². The Morgan fingerprint density at radius 1 is 1.44 bits per heavy atom. The number of carbonyl (C=O) groups is 1. The van der Waals surface area contributed by atoms with Crippen molar-refractivity contribution in [2.75, 3.05) is 13.2 Å². The van der Waals surface area contributed by atoms with E-state index in [2.05, 4.69) is 0 Å². The van der Waals surface area contributed by atoms with Crippen LogP contribution in [0.5, 0.6) is 0 Å². The van der Waals surface area contributed by atoms with Crippen molar-refractivity contribution in [1.29, 1.82) is 0 Å². The summed E-state index contributed by atoms with van der Waals surface area (Å²) in [5.74, 6) is -0.646. The van der Waals surface area contributed by atoms with Crippen molar-refractivity contribution in [2.45, 2.75) is 12.8 Å². The lowest BCUT2D eigenvalue weighted by molar-refractivity contribution is -0.144. The minimum Gasteiger partial charge on any atom is -0.465 e. The maximum Gasteiger partial charge on any atom is 0.314 e. The van der Waals surface area contributed by atoms with E-state index < -0.39 is 5.92 Å². The fourth-order valence-corrected chi connectivity index (χ4v) is 2.24. The van der Waals surface area contributed by atoms with E-state index in [1.54, 1.807) is 6.92 Å². The highest BCUT2D eigenvalue weighted by Gasteiger charge is 2.23. The standard InChI is InChI=1S/C14H18N2O2/c1-3-18-14(17)11(8-15)12-9-16(2)13-7-5-4-6-10(12)13/h4-7,9,11H,3,8,15H2,1-2H3. The molecule has 0 aliphatic carbocycles. The molecule has 0 aliphatic heterocycles. The summed E-state index contributed by atoms with van der Waals surface area (Å²) in [7, 11) is 1.96. The van der Waals surface area contributed by atoms with Crippen LogP contribution in [0.3, 0.4) is 0 Å². The third kappa shape index (κ3) is 2.11. The smallest absolute Gasteiger partial charge is 0.314 e. The molecule has 4 heteroatoms. The van der Waals surface area contributed by atoms with E-state index in [0.29, 0.717) is 6.61 Å². The summed E-state index contributed by atoms with van der Waals surface area (Å²) in [6.45, 7) is 2.43. The Labute approximate surface area is 106 Å². The number of hydrogen-bond acceptors (Lipinski definition) is 3. The van der Waals surface area contributed by atoms with Crippen molar-refractivity contribution < 1.29 is 9.53 Å². The number of nitrogens with zero attached hydrogens (tertiary/aromatic N) is 1. The van der Waals surface area contributed by atoms with Gasteiger partial charge in [-0.15, -0.1) is 0 Å². The Hall–Kier alpha value is -1.81. The lowest BCUT2D eigenvalue weighted by atomic mass is 9.99. The van der Waals surface area contributed by atoms with E-state index in [1.165, 1.54) is 0 Å². The molecule has 1 atom stereocenters. The van der Waals surface area contributed by atoms with Gasteiger partial charge in [0.2, 0.25) is 0 Å². The molecule has 18 heavy (non-hydrogen) atoms. The van der Waals surface area contributed by atoms with E-state index in [1.807, 2.05) is 42.1 Å². The van der Waals surface area contributed by atoms with Crippen molar-refractivity contribution in [1.82, 2.24) is 4.57 Å². The first kappa shape index (κ1) is 12.6. The number of fused-ring (bicyclic) bond motifs is 1. The number of esters is 1. The Bertz CT molecular complexity index is 560. The molecule has 96 valence electrons. The number of nitrogens with two attached hydrogens (primary N) is 1. The quantitative estimate of drug-likeness (QED) is 0.837. The molecule has 0 saturated carbocycles. The number of benzene rings is 1. The van der Waals surface area contributed by atoms with Gasteiger partial charge in [0.1, 0.15) is 0 Å². The molecule has 0 aliphatic rings. The second-order valence-electron chi connectivity index (χ2n) is 4.25. The largest absolute Gasteiger partial charge is 0.465 e. The molecule has 0 fully saturated rings. The van der Waals surface area contributed by atoms with Crippen molar-refractivity contribution >= 4 is 16.9 Å². The third-order valence-corrected chi connectivity index (χ3v) is 3.11. The molecule has 1 aromatic heterocycles. The molecule has 0 radical (unpaired) electrons. The van der Waals surface area contributed by atoms with Crippen LogP contribution < -0.4 is 5.73 Å². The lowest BCUT2D eigenvalue weighted by Crippen LogP contribution is -2.23. The number of carbonyl (C=O) groups excluding carboxylic acids is 1. The zero-order valence-corrected chi connectivity index (χ0v) is 10.7. The van der Waals surface area contributed by atoms with Gasteiger partial charge in [0, 0.05) is 30.7 Å². The van der Waals surface area contributed by atoms with Crippen LogP contribution in [0.1, 0.15) is 18.4 Å². The summed E-state index contributed by atoms with van der Waals surface area (Å²) in [4.78, 5) is 11.9. The Balaban J connectivity index is 2.48. The molecule has 1 aromatic carbocycles. The molecular formula is C14H18N2O2. The molecule has 2 rings (SSSR count). The van der Waals surface area contributed by atoms with Gasteiger partial charge in [-0.2, -0.15) is 0 Å². The number of aromatic nitrogens is 1. The Morgan fingerprint density at radius 3 is 2.83 bits per heavy atom. The van der Waals surface area contributed by atoms with E-state index in [4.69, 9.17) is 10.5 Å². The topological polar surface area (TPSA) is 57.2 Å². The summed E-state index contributed by atoms with van der Waals surface area (Å²) in [6.07, 6.45) is 1.96. The van der Waals surface area contributed by atoms with Gasteiger partial charge < -0.3 is 15.0 Å². The maximum absolute atomic E-state index is 11.9. The van der Waals surface area contributed by atoms with E-state index in [0.717, 1.165) is 16.5 Å². The summed E-state index contributed by atoms with van der Waals surface area (Å²) < 4.78 is 7.09. The van der Waals surface area contributed by atoms with Crippen LogP contribution in [-0.2, 0) is 16.6 Å². The molecule has 2 N–H and O–H groups in total. The summed E-state index contributed by atoms with van der Waals surface area (Å²) in [5, 5.41) is 1.06. The normalized spacial score (nSPS) is 12.6. The predicted molar refractivity (Wildman–Crippen MR) is 71.3 cm³/mol. The molecular weight excluding hydrogens is 228 g/mol. The highest BCUT2D eigenvalue weighted by Crippen LogP contribution is 2.27. The van der Waals surface area contributed by atoms with Gasteiger partial charge in [-0.25, -0.2) is 0 Å². The fourth-order valence-electron chi connectivity index (χ4n) is 2.24. The van der Waals surface area contributed by atoms with E-state index in [-0.39, 0.29) is 12.5 Å². The van der Waals surface area contributed by atoms with E-state index in [9.17, 15) is 4.79 Å². The van der Waals surface area contributed by atoms with Crippen molar-refractivity contribution in [3.05, 3.63) is 36.0 Å². The number of ether oxygens (including phenoxy) is 1. The van der Waals surface area contributed by atoms with Gasteiger partial charge in [0.25, 0.3) is 0 Å². The first-order chi connectivity index (χ1) is 8.69. The highest BCUT2D eigenvalue weighted by atomic mass is 16.5. The van der Waals surface area contributed by atoms with Crippen LogP contribution in [0.4, 0.5) is 0 Å². The average Bonchev–Trinajstić information content (AvgIpc) is 2.69. The molecule has 0 amide bonds. The first-order valence-corrected chi connectivity index (χ1v) is 6.09. The van der Waals surface area contributed by atoms with Crippen LogP contribution in [0, 0.1) is 0 Å². The minimum absolute atomic E-state index is 0.253. The number of aryl methyl sites for hydroxylation is 1. The van der Waals surface area contributed by atoms with Crippen molar-refractivity contribution in [2.24, 2.45) is 12.8 Å². The molecule has 2 aromatic rings. The molecule has 4 nitrogen and oxygen atoms in total. The van der Waals surface area contributed by atoms with E-state index >= 15 is 0 Å². The zero-order chi connectivity index (χ0) is 13.1. The zero-order valence-electron chi connectivity index (χ0n) is 10.7. The third-order valence-electron chi connectivity index (χ3n) is 3.11. The number of hydrogen-bond donors (Lipinski definition) is 1. The van der Waals surface area contributed by atoms with Crippen LogP contribution in [0.25, 0.3) is 10.9 Å². The van der Waals surface area contributed by atoms with Gasteiger partial charge in [0.05, 0.1) is 12.5 Å². The maximum atomic E-state index is 11.9. The Kier molecular flexibility index (Phi) is 3.67. The number of rotatable bonds is 4. The van der Waals surface area contributed by atoms with Crippen molar-refractivity contribution in [3.63, 3.8) is 0 Å². The highest BCUT2D eigenvalue weighted by molar-refractivity contribution is 5.90. The second-order valence-corrected chi connectivity index (χ2v) is 4.25. The van der Waals surface area contributed by atoms with Crippen LogP contribution in [0.2, 0.25) is 0 Å². The minimum atomic E-state index is -0.393. The number of para-hydroxylation sites is 1. The summed E-state index contributed by atoms with van der Waals surface area (Å²) in [5.41, 5.74) is 7.76. The Morgan fingerprint density at radius 2 is 2.17 bits per heavy atom. The lowest BCUT2D eigenvalue weighted by Gasteiger charge is -2.12. The van der Waals surface area contributed by atoms with Crippen LogP contribution in [-0.4, -0.2) is 23.7 Å². The molecule has 1 heterocycles. The van der Waals surface area contributed by atoms with Gasteiger partial charge in [0.15, 0.2) is 0 Å². The average molecular weight is 246 g/mol. The predicted octanol–water partition coefficient (Wildman–Crippen LogP) is 1.78. The van der Waals surface area contributed by atoms with Gasteiger partial charge in [-0.1, -0.05) is 18.2 Å². The van der Waals surface area contributed by atoms with Gasteiger partial charge in [-0.3, -0.25) is 4.79 Å². The van der Waals surface area contributed by atoms with Gasteiger partial charge >= 0.3 is 5.97 Å². The second kappa shape index (κ2) is 5.23.